The van der Waals surface area contributed by atoms with E-state index >= 15 is 0 Å². The molecule has 0 amide bonds. The first-order valence-corrected chi connectivity index (χ1v) is 6.40. The predicted octanol–water partition coefficient (Wildman–Crippen LogP) is 3.80. The fourth-order valence-electron chi connectivity index (χ4n) is 1.28. The van der Waals surface area contributed by atoms with Crippen molar-refractivity contribution in [2.75, 3.05) is 0 Å². The van der Waals surface area contributed by atoms with E-state index in [0.29, 0.717) is 17.2 Å². The molecule has 3 N–H and O–H groups in total. The van der Waals surface area contributed by atoms with Crippen molar-refractivity contribution < 1.29 is 15.3 Å². The Balaban J connectivity index is 0.000000294. The summed E-state index contributed by atoms with van der Waals surface area (Å²) in [5.74, 6) is 0.965. The van der Waals surface area contributed by atoms with Crippen LogP contribution < -0.4 is 0 Å². The third-order valence-corrected chi connectivity index (χ3v) is 2.27. The van der Waals surface area contributed by atoms with Gasteiger partial charge in [-0.2, -0.15) is 0 Å². The standard InChI is InChI=1S/3C6H6O.Li/c3*7-6-4-2-1-3-5-6;/h3*1-5,7H;. The molecule has 0 heterocycles. The molecule has 0 saturated carbocycles. The molecule has 0 bridgehead atoms. The smallest absolute Gasteiger partial charge is 0.115 e. The van der Waals surface area contributed by atoms with E-state index in [1.165, 1.54) is 0 Å². The van der Waals surface area contributed by atoms with Crippen LogP contribution in [0.1, 0.15) is 0 Å². The maximum absolute atomic E-state index is 8.63. The molecule has 4 heteroatoms. The van der Waals surface area contributed by atoms with Gasteiger partial charge >= 0.3 is 0 Å². The second-order valence-corrected chi connectivity index (χ2v) is 4.01. The molecule has 3 rings (SSSR count). The first-order valence-electron chi connectivity index (χ1n) is 6.40. The summed E-state index contributed by atoms with van der Waals surface area (Å²) in [7, 11) is 0. The topological polar surface area (TPSA) is 60.7 Å². The zero-order valence-electron chi connectivity index (χ0n) is 12.5. The van der Waals surface area contributed by atoms with E-state index in [-0.39, 0.29) is 18.9 Å². The molecule has 0 aromatic heterocycles. The summed E-state index contributed by atoms with van der Waals surface area (Å²) in [6.07, 6.45) is 0. The normalized spacial score (nSPS) is 8.18. The number of aromatic hydroxyl groups is 3. The maximum atomic E-state index is 8.63. The summed E-state index contributed by atoms with van der Waals surface area (Å²) >= 11 is 0. The monoisotopic (exact) mass is 289 g/mol. The van der Waals surface area contributed by atoms with E-state index in [9.17, 15) is 0 Å². The second-order valence-electron chi connectivity index (χ2n) is 4.01. The van der Waals surface area contributed by atoms with Crippen molar-refractivity contribution in [2.45, 2.75) is 0 Å². The Hall–Kier alpha value is -2.34. The van der Waals surface area contributed by atoms with Gasteiger partial charge in [-0.05, 0) is 36.4 Å². The van der Waals surface area contributed by atoms with Crippen LogP contribution in [-0.2, 0) is 0 Å². The van der Waals surface area contributed by atoms with Gasteiger partial charge in [0.05, 0.1) is 0 Å². The number of phenols is 3. The Bertz CT molecular complexity index is 497. The van der Waals surface area contributed by atoms with Crippen molar-refractivity contribution in [3.05, 3.63) is 91.0 Å². The van der Waals surface area contributed by atoms with E-state index < -0.39 is 0 Å². The Kier molecular flexibility index (Phi) is 11.1. The predicted molar refractivity (Wildman–Crippen MR) is 90.1 cm³/mol. The minimum absolute atomic E-state index is 0. The second kappa shape index (κ2) is 12.4. The molecule has 0 unspecified atom stereocenters. The van der Waals surface area contributed by atoms with Crippen molar-refractivity contribution >= 4 is 18.9 Å². The average molecular weight is 289 g/mol. The van der Waals surface area contributed by atoms with Crippen LogP contribution in [0.2, 0.25) is 0 Å². The van der Waals surface area contributed by atoms with Crippen LogP contribution in [0.4, 0.5) is 0 Å². The molecule has 0 aliphatic rings. The van der Waals surface area contributed by atoms with E-state index in [1.807, 2.05) is 18.2 Å². The molecular weight excluding hydrogens is 271 g/mol. The van der Waals surface area contributed by atoms with Crippen LogP contribution in [0, 0.1) is 0 Å². The summed E-state index contributed by atoms with van der Waals surface area (Å²) in [6, 6.07) is 26.1. The molecule has 0 aliphatic heterocycles. The van der Waals surface area contributed by atoms with Crippen molar-refractivity contribution in [3.8, 4) is 17.2 Å². The molecule has 0 atom stereocenters. The molecule has 3 aromatic carbocycles. The van der Waals surface area contributed by atoms with Crippen LogP contribution in [-0.4, -0.2) is 34.2 Å². The van der Waals surface area contributed by atoms with Gasteiger partial charge in [0.2, 0.25) is 0 Å². The quantitative estimate of drug-likeness (QED) is 0.552. The van der Waals surface area contributed by atoms with Crippen LogP contribution in [0.25, 0.3) is 0 Å². The van der Waals surface area contributed by atoms with Gasteiger partial charge in [-0.3, -0.25) is 0 Å². The molecule has 109 valence electrons. The van der Waals surface area contributed by atoms with E-state index in [1.54, 1.807) is 72.8 Å². The molecular formula is C18H18LiO3. The SMILES string of the molecule is Oc1ccccc1.Oc1ccccc1.Oc1ccccc1.[Li]. The molecule has 3 aromatic rings. The van der Waals surface area contributed by atoms with Crippen molar-refractivity contribution in [1.29, 1.82) is 0 Å². The first-order chi connectivity index (χ1) is 10.2. The van der Waals surface area contributed by atoms with E-state index in [0.717, 1.165) is 0 Å². The zero-order valence-corrected chi connectivity index (χ0v) is 12.5. The van der Waals surface area contributed by atoms with Gasteiger partial charge < -0.3 is 15.3 Å². The van der Waals surface area contributed by atoms with E-state index in [2.05, 4.69) is 0 Å². The summed E-state index contributed by atoms with van der Waals surface area (Å²) in [4.78, 5) is 0. The van der Waals surface area contributed by atoms with Gasteiger partial charge in [0, 0.05) is 18.9 Å². The number of hydrogen-bond acceptors (Lipinski definition) is 3. The molecule has 1 radical (unpaired) electrons. The Morgan fingerprint density at radius 2 is 0.545 bits per heavy atom. The summed E-state index contributed by atoms with van der Waals surface area (Å²) < 4.78 is 0. The first kappa shape index (κ1) is 19.7. The zero-order chi connectivity index (χ0) is 15.3. The van der Waals surface area contributed by atoms with Gasteiger partial charge in [0.15, 0.2) is 0 Å². The van der Waals surface area contributed by atoms with Gasteiger partial charge in [0.25, 0.3) is 0 Å². The average Bonchev–Trinajstić information content (AvgIpc) is 2.51. The molecule has 0 spiro atoms. The summed E-state index contributed by atoms with van der Waals surface area (Å²) in [5, 5.41) is 25.9. The minimum atomic E-state index is 0. The van der Waals surface area contributed by atoms with Crippen molar-refractivity contribution in [1.82, 2.24) is 0 Å². The number of rotatable bonds is 0. The Morgan fingerprint density at radius 1 is 0.364 bits per heavy atom. The Morgan fingerprint density at radius 3 is 0.636 bits per heavy atom. The number of phenolic OH excluding ortho intramolecular Hbond substituents is 3. The van der Waals surface area contributed by atoms with Crippen molar-refractivity contribution in [3.63, 3.8) is 0 Å². The van der Waals surface area contributed by atoms with Crippen LogP contribution in [0.5, 0.6) is 17.2 Å². The van der Waals surface area contributed by atoms with E-state index in [4.69, 9.17) is 15.3 Å². The number of benzene rings is 3. The molecule has 0 saturated heterocycles. The molecule has 3 nitrogen and oxygen atoms in total. The summed E-state index contributed by atoms with van der Waals surface area (Å²) in [6.45, 7) is 0. The van der Waals surface area contributed by atoms with Crippen LogP contribution in [0.15, 0.2) is 91.0 Å². The van der Waals surface area contributed by atoms with Gasteiger partial charge in [-0.25, -0.2) is 0 Å². The van der Waals surface area contributed by atoms with Gasteiger partial charge in [-0.15, -0.1) is 0 Å². The van der Waals surface area contributed by atoms with Gasteiger partial charge in [0.1, 0.15) is 17.2 Å². The van der Waals surface area contributed by atoms with Crippen LogP contribution in [0.3, 0.4) is 0 Å². The molecule has 22 heavy (non-hydrogen) atoms. The fraction of sp³-hybridized carbons (Fsp3) is 0. The van der Waals surface area contributed by atoms with Crippen molar-refractivity contribution in [2.24, 2.45) is 0 Å². The number of para-hydroxylation sites is 3. The van der Waals surface area contributed by atoms with Gasteiger partial charge in [-0.1, -0.05) is 54.6 Å². The number of hydrogen-bond donors (Lipinski definition) is 3. The largest absolute Gasteiger partial charge is 0.508 e. The third kappa shape index (κ3) is 10.4. The molecule has 0 fully saturated rings. The molecule has 0 aliphatic carbocycles. The van der Waals surface area contributed by atoms with Crippen LogP contribution >= 0.6 is 0 Å². The maximum Gasteiger partial charge on any atom is 0.115 e. The Labute approximate surface area is 142 Å². The minimum Gasteiger partial charge on any atom is -0.508 e. The third-order valence-electron chi connectivity index (χ3n) is 2.27. The fourth-order valence-corrected chi connectivity index (χ4v) is 1.28. The summed E-state index contributed by atoms with van der Waals surface area (Å²) in [5.41, 5.74) is 0.